The topological polar surface area (TPSA) is 54.5 Å². The van der Waals surface area contributed by atoms with Crippen molar-refractivity contribution >= 4 is 17.5 Å². The molecule has 1 heterocycles. The number of pyridine rings is 1. The number of aromatic nitrogens is 1. The lowest BCUT2D eigenvalue weighted by Crippen LogP contribution is -2.52. The molecule has 0 unspecified atom stereocenters. The molecule has 2 aromatic carbocycles. The third kappa shape index (κ3) is 5.73. The van der Waals surface area contributed by atoms with E-state index >= 15 is 0 Å². The summed E-state index contributed by atoms with van der Waals surface area (Å²) in [4.78, 5) is 19.7. The molecule has 33 heavy (non-hydrogen) atoms. The number of carbonyl (C=O) groups excluding carboxylic acids is 1. The quantitative estimate of drug-likeness (QED) is 0.485. The van der Waals surface area contributed by atoms with E-state index in [-0.39, 0.29) is 17.5 Å². The van der Waals surface area contributed by atoms with Gasteiger partial charge in [-0.3, -0.25) is 4.79 Å². The van der Waals surface area contributed by atoms with Crippen molar-refractivity contribution in [3.8, 4) is 11.6 Å². The van der Waals surface area contributed by atoms with Crippen LogP contribution in [0.25, 0.3) is 0 Å². The maximum Gasteiger partial charge on any atom is 0.257 e. The summed E-state index contributed by atoms with van der Waals surface area (Å²) in [7, 11) is 4.30. The van der Waals surface area contributed by atoms with Gasteiger partial charge in [-0.05, 0) is 88.2 Å². The molecule has 6 heteroatoms. The van der Waals surface area contributed by atoms with E-state index in [1.165, 1.54) is 5.56 Å². The van der Waals surface area contributed by atoms with Crippen LogP contribution < -0.4 is 10.1 Å². The first-order valence-electron chi connectivity index (χ1n) is 11.4. The van der Waals surface area contributed by atoms with Crippen LogP contribution in [0.4, 0.5) is 0 Å². The van der Waals surface area contributed by atoms with Crippen LogP contribution in [-0.2, 0) is 6.42 Å². The fourth-order valence-electron chi connectivity index (χ4n) is 4.57. The fraction of sp³-hybridized carbons (Fsp3) is 0.333. The molecule has 0 spiro atoms. The van der Waals surface area contributed by atoms with Crippen molar-refractivity contribution < 1.29 is 9.53 Å². The molecule has 0 atom stereocenters. The molecule has 1 aromatic heterocycles. The van der Waals surface area contributed by atoms with Crippen molar-refractivity contribution in [3.05, 3.63) is 89.1 Å². The molecule has 172 valence electrons. The predicted molar refractivity (Wildman–Crippen MR) is 132 cm³/mol. The Hall–Kier alpha value is -2.89. The molecular formula is C27H30ClN3O2. The highest BCUT2D eigenvalue weighted by Crippen LogP contribution is 2.36. The first-order chi connectivity index (χ1) is 15.9. The lowest BCUT2D eigenvalue weighted by atomic mass is 9.75. The van der Waals surface area contributed by atoms with Crippen LogP contribution in [0.2, 0.25) is 5.02 Å². The van der Waals surface area contributed by atoms with Gasteiger partial charge in [0.05, 0.1) is 0 Å². The second-order valence-electron chi connectivity index (χ2n) is 8.94. The van der Waals surface area contributed by atoms with Crippen molar-refractivity contribution in [2.24, 2.45) is 0 Å². The number of likely N-dealkylation sites (N-methyl/N-ethyl adjacent to an activating group) is 1. The summed E-state index contributed by atoms with van der Waals surface area (Å²) < 4.78 is 5.87. The van der Waals surface area contributed by atoms with Gasteiger partial charge in [-0.15, -0.1) is 0 Å². The van der Waals surface area contributed by atoms with Crippen LogP contribution in [0.1, 0.15) is 41.6 Å². The third-order valence-electron chi connectivity index (χ3n) is 6.62. The maximum atomic E-state index is 13.1. The van der Waals surface area contributed by atoms with Gasteiger partial charge in [0.25, 0.3) is 5.91 Å². The number of halogens is 1. The summed E-state index contributed by atoms with van der Waals surface area (Å²) in [6.07, 6.45) is 6.47. The van der Waals surface area contributed by atoms with Gasteiger partial charge >= 0.3 is 0 Å². The first-order valence-corrected chi connectivity index (χ1v) is 11.7. The summed E-state index contributed by atoms with van der Waals surface area (Å²) in [5.74, 6) is 0.831. The van der Waals surface area contributed by atoms with E-state index < -0.39 is 0 Å². The van der Waals surface area contributed by atoms with E-state index in [9.17, 15) is 4.79 Å². The number of hydrogen-bond acceptors (Lipinski definition) is 4. The summed E-state index contributed by atoms with van der Waals surface area (Å²) in [5, 5.41) is 3.97. The Labute approximate surface area is 200 Å². The molecule has 1 aliphatic rings. The number of nitrogens with one attached hydrogen (secondary N) is 1. The Kier molecular flexibility index (Phi) is 7.31. The molecule has 1 aliphatic carbocycles. The molecule has 5 nitrogen and oxygen atoms in total. The Morgan fingerprint density at radius 3 is 2.42 bits per heavy atom. The van der Waals surface area contributed by atoms with Crippen LogP contribution in [0.3, 0.4) is 0 Å². The molecule has 4 rings (SSSR count). The summed E-state index contributed by atoms with van der Waals surface area (Å²) in [6.45, 7) is 0. The second kappa shape index (κ2) is 10.4. The molecule has 1 fully saturated rings. The van der Waals surface area contributed by atoms with Crippen LogP contribution in [0, 0.1) is 0 Å². The molecule has 0 radical (unpaired) electrons. The normalized spacial score (nSPS) is 20.4. The van der Waals surface area contributed by atoms with Crippen LogP contribution in [0.5, 0.6) is 11.6 Å². The fourth-order valence-corrected chi connectivity index (χ4v) is 4.70. The SMILES string of the molecule is CN(C)C1(Cc2ccc(Cl)cc2)CCC(NC(=O)c2cccnc2Oc2ccccc2)CC1. The van der Waals surface area contributed by atoms with Crippen LogP contribution in [-0.4, -0.2) is 41.5 Å². The number of ether oxygens (including phenoxy) is 1. The Balaban J connectivity index is 1.40. The molecule has 0 aliphatic heterocycles. The number of amides is 1. The smallest absolute Gasteiger partial charge is 0.257 e. The average Bonchev–Trinajstić information content (AvgIpc) is 2.83. The van der Waals surface area contributed by atoms with Crippen molar-refractivity contribution in [3.63, 3.8) is 0 Å². The van der Waals surface area contributed by atoms with E-state index in [0.29, 0.717) is 17.2 Å². The van der Waals surface area contributed by atoms with E-state index in [1.54, 1.807) is 18.3 Å². The van der Waals surface area contributed by atoms with Gasteiger partial charge < -0.3 is 15.0 Å². The minimum atomic E-state index is -0.144. The molecule has 0 bridgehead atoms. The Morgan fingerprint density at radius 2 is 1.76 bits per heavy atom. The van der Waals surface area contributed by atoms with E-state index in [1.807, 2.05) is 42.5 Å². The summed E-state index contributed by atoms with van der Waals surface area (Å²) in [6, 6.07) is 21.2. The van der Waals surface area contributed by atoms with E-state index in [0.717, 1.165) is 37.1 Å². The summed E-state index contributed by atoms with van der Waals surface area (Å²) in [5.41, 5.74) is 1.81. The van der Waals surface area contributed by atoms with E-state index in [2.05, 4.69) is 41.4 Å². The zero-order valence-electron chi connectivity index (χ0n) is 19.1. The van der Waals surface area contributed by atoms with Gasteiger partial charge in [0.2, 0.25) is 5.88 Å². The van der Waals surface area contributed by atoms with Gasteiger partial charge in [0.1, 0.15) is 11.3 Å². The van der Waals surface area contributed by atoms with Crippen molar-refractivity contribution in [2.45, 2.75) is 43.7 Å². The monoisotopic (exact) mass is 463 g/mol. The Bertz CT molecular complexity index is 1060. The van der Waals surface area contributed by atoms with Crippen molar-refractivity contribution in [2.75, 3.05) is 14.1 Å². The van der Waals surface area contributed by atoms with Crippen molar-refractivity contribution in [1.82, 2.24) is 15.2 Å². The zero-order valence-corrected chi connectivity index (χ0v) is 19.9. The van der Waals surface area contributed by atoms with Crippen LogP contribution >= 0.6 is 11.6 Å². The number of hydrogen-bond donors (Lipinski definition) is 1. The minimum Gasteiger partial charge on any atom is -0.438 e. The second-order valence-corrected chi connectivity index (χ2v) is 9.38. The number of rotatable bonds is 7. The number of para-hydroxylation sites is 1. The lowest BCUT2D eigenvalue weighted by molar-refractivity contribution is 0.0768. The van der Waals surface area contributed by atoms with Gasteiger partial charge in [-0.25, -0.2) is 4.98 Å². The Morgan fingerprint density at radius 1 is 1.06 bits per heavy atom. The average molecular weight is 464 g/mol. The number of carbonyl (C=O) groups is 1. The highest BCUT2D eigenvalue weighted by Gasteiger charge is 2.37. The van der Waals surface area contributed by atoms with Gasteiger partial charge in [-0.1, -0.05) is 41.9 Å². The lowest BCUT2D eigenvalue weighted by Gasteiger charge is -2.45. The predicted octanol–water partition coefficient (Wildman–Crippen LogP) is 5.74. The highest BCUT2D eigenvalue weighted by atomic mass is 35.5. The maximum absolute atomic E-state index is 13.1. The van der Waals surface area contributed by atoms with Gasteiger partial charge in [-0.2, -0.15) is 0 Å². The minimum absolute atomic E-state index is 0.0743. The standard InChI is InChI=1S/C27H30ClN3O2/c1-31(2)27(19-20-10-12-21(28)13-11-20)16-14-22(15-17-27)30-25(32)24-9-6-18-29-26(24)33-23-7-4-3-5-8-23/h3-13,18,22H,14-17,19H2,1-2H3,(H,30,32). The number of nitrogens with zero attached hydrogens (tertiary/aromatic N) is 2. The first kappa shape index (κ1) is 23.3. The third-order valence-corrected chi connectivity index (χ3v) is 6.87. The molecular weight excluding hydrogens is 434 g/mol. The molecule has 0 saturated heterocycles. The number of benzene rings is 2. The van der Waals surface area contributed by atoms with Crippen LogP contribution in [0.15, 0.2) is 72.9 Å². The van der Waals surface area contributed by atoms with E-state index in [4.69, 9.17) is 16.3 Å². The summed E-state index contributed by atoms with van der Waals surface area (Å²) >= 11 is 6.06. The largest absolute Gasteiger partial charge is 0.438 e. The zero-order chi connectivity index (χ0) is 23.3. The molecule has 1 amide bonds. The van der Waals surface area contributed by atoms with Gasteiger partial charge in [0, 0.05) is 22.8 Å². The van der Waals surface area contributed by atoms with Gasteiger partial charge in [0.15, 0.2) is 0 Å². The molecule has 3 aromatic rings. The van der Waals surface area contributed by atoms with Crippen molar-refractivity contribution in [1.29, 1.82) is 0 Å². The molecule has 1 N–H and O–H groups in total. The highest BCUT2D eigenvalue weighted by molar-refractivity contribution is 6.30. The molecule has 1 saturated carbocycles.